The second-order valence-corrected chi connectivity index (χ2v) is 6.65. The van der Waals surface area contributed by atoms with Gasteiger partial charge in [0.15, 0.2) is 0 Å². The fraction of sp³-hybridized carbons (Fsp3) is 0.0455. The summed E-state index contributed by atoms with van der Waals surface area (Å²) < 4.78 is 1.68. The van der Waals surface area contributed by atoms with E-state index < -0.39 is 0 Å². The monoisotopic (exact) mass is 376 g/mol. The Labute approximate surface area is 161 Å². The Morgan fingerprint density at radius 1 is 0.852 bits per heavy atom. The van der Waals surface area contributed by atoms with Crippen LogP contribution >= 0.6 is 11.6 Å². The molecular weight excluding hydrogens is 360 g/mol. The molecule has 0 saturated carbocycles. The molecular formula is C22H17ClN2O2. The molecule has 0 amide bonds. The van der Waals surface area contributed by atoms with Crippen molar-refractivity contribution in [3.05, 3.63) is 95.1 Å². The minimum Gasteiger partial charge on any atom is -0.508 e. The SMILES string of the molecule is Oc1cc(O)c(-c2ccnn2-c2ccccc2Cl)cc1Cc1ccccc1. The summed E-state index contributed by atoms with van der Waals surface area (Å²) in [5.74, 6) is 0.0435. The van der Waals surface area contributed by atoms with Crippen LogP contribution in [0.3, 0.4) is 0 Å². The minimum absolute atomic E-state index is 0.0156. The number of rotatable bonds is 4. The average Bonchev–Trinajstić information content (AvgIpc) is 3.14. The summed E-state index contributed by atoms with van der Waals surface area (Å²) >= 11 is 6.32. The Kier molecular flexibility index (Phi) is 4.57. The molecule has 4 aromatic rings. The van der Waals surface area contributed by atoms with Gasteiger partial charge in [0.2, 0.25) is 0 Å². The van der Waals surface area contributed by atoms with Crippen molar-refractivity contribution in [2.75, 3.05) is 0 Å². The van der Waals surface area contributed by atoms with Crippen molar-refractivity contribution < 1.29 is 10.2 Å². The largest absolute Gasteiger partial charge is 0.508 e. The van der Waals surface area contributed by atoms with E-state index in [2.05, 4.69) is 5.10 Å². The second-order valence-electron chi connectivity index (χ2n) is 6.24. The van der Waals surface area contributed by atoms with Crippen LogP contribution < -0.4 is 0 Å². The van der Waals surface area contributed by atoms with E-state index in [4.69, 9.17) is 11.6 Å². The lowest BCUT2D eigenvalue weighted by molar-refractivity contribution is 0.448. The highest BCUT2D eigenvalue weighted by Crippen LogP contribution is 2.37. The Hall–Kier alpha value is -3.24. The number of aromatic nitrogens is 2. The maximum atomic E-state index is 10.5. The molecule has 0 fully saturated rings. The molecule has 27 heavy (non-hydrogen) atoms. The molecule has 4 nitrogen and oxygen atoms in total. The highest BCUT2D eigenvalue weighted by Gasteiger charge is 2.16. The molecule has 0 saturated heterocycles. The molecule has 0 aliphatic heterocycles. The van der Waals surface area contributed by atoms with Crippen molar-refractivity contribution in [3.8, 4) is 28.4 Å². The van der Waals surface area contributed by atoms with Gasteiger partial charge in [-0.3, -0.25) is 0 Å². The van der Waals surface area contributed by atoms with E-state index in [0.717, 1.165) is 16.8 Å². The molecule has 4 rings (SSSR count). The van der Waals surface area contributed by atoms with E-state index in [1.54, 1.807) is 23.0 Å². The molecule has 0 spiro atoms. The first kappa shape index (κ1) is 17.2. The fourth-order valence-electron chi connectivity index (χ4n) is 3.11. The Balaban J connectivity index is 1.81. The molecule has 134 valence electrons. The quantitative estimate of drug-likeness (QED) is 0.515. The van der Waals surface area contributed by atoms with E-state index >= 15 is 0 Å². The summed E-state index contributed by atoms with van der Waals surface area (Å²) in [4.78, 5) is 0. The van der Waals surface area contributed by atoms with Crippen molar-refractivity contribution in [2.45, 2.75) is 6.42 Å². The summed E-state index contributed by atoms with van der Waals surface area (Å²) in [6.07, 6.45) is 2.21. The number of halogens is 1. The molecule has 1 aromatic heterocycles. The lowest BCUT2D eigenvalue weighted by Crippen LogP contribution is -2.00. The molecule has 2 N–H and O–H groups in total. The van der Waals surface area contributed by atoms with Crippen LogP contribution in [0.15, 0.2) is 79.0 Å². The maximum Gasteiger partial charge on any atom is 0.128 e. The number of hydrogen-bond acceptors (Lipinski definition) is 3. The van der Waals surface area contributed by atoms with Gasteiger partial charge in [0.1, 0.15) is 11.5 Å². The molecule has 5 heteroatoms. The number of phenols is 2. The Bertz CT molecular complexity index is 1090. The number of para-hydroxylation sites is 1. The molecule has 0 bridgehead atoms. The molecule has 3 aromatic carbocycles. The van der Waals surface area contributed by atoms with E-state index in [-0.39, 0.29) is 11.5 Å². The second kappa shape index (κ2) is 7.17. The number of benzene rings is 3. The zero-order valence-electron chi connectivity index (χ0n) is 14.4. The topological polar surface area (TPSA) is 58.3 Å². The third kappa shape index (κ3) is 3.39. The van der Waals surface area contributed by atoms with E-state index in [0.29, 0.717) is 22.7 Å². The molecule has 0 unspecified atom stereocenters. The van der Waals surface area contributed by atoms with Gasteiger partial charge < -0.3 is 10.2 Å². The van der Waals surface area contributed by atoms with Crippen LogP contribution in [-0.2, 0) is 6.42 Å². The maximum absolute atomic E-state index is 10.5. The number of aromatic hydroxyl groups is 2. The third-order valence-electron chi connectivity index (χ3n) is 4.43. The van der Waals surface area contributed by atoms with Crippen molar-refractivity contribution in [1.82, 2.24) is 9.78 Å². The Morgan fingerprint density at radius 3 is 2.37 bits per heavy atom. The van der Waals surface area contributed by atoms with Crippen LogP contribution in [0, 0.1) is 0 Å². The first-order valence-corrected chi connectivity index (χ1v) is 8.89. The third-order valence-corrected chi connectivity index (χ3v) is 4.75. The Morgan fingerprint density at radius 2 is 1.59 bits per heavy atom. The van der Waals surface area contributed by atoms with E-state index in [9.17, 15) is 10.2 Å². The van der Waals surface area contributed by atoms with Crippen LogP contribution in [-0.4, -0.2) is 20.0 Å². The van der Waals surface area contributed by atoms with E-state index in [1.807, 2.05) is 54.6 Å². The standard InChI is InChI=1S/C22H17ClN2O2/c23-18-8-4-5-9-20(18)25-19(10-11-24-25)17-13-16(21(26)14-22(17)27)12-15-6-2-1-3-7-15/h1-11,13-14,26-27H,12H2. The van der Waals surface area contributed by atoms with Gasteiger partial charge in [-0.15, -0.1) is 0 Å². The minimum atomic E-state index is -0.0156. The van der Waals surface area contributed by atoms with Gasteiger partial charge in [0, 0.05) is 18.1 Å². The van der Waals surface area contributed by atoms with E-state index in [1.165, 1.54) is 6.07 Å². The molecule has 0 aliphatic carbocycles. The summed E-state index contributed by atoms with van der Waals surface area (Å²) in [6.45, 7) is 0. The predicted octanol–water partition coefficient (Wildman–Crippen LogP) is 5.19. The van der Waals surface area contributed by atoms with Gasteiger partial charge in [-0.1, -0.05) is 54.1 Å². The highest BCUT2D eigenvalue weighted by atomic mass is 35.5. The lowest BCUT2D eigenvalue weighted by Gasteiger charge is -2.13. The van der Waals surface area contributed by atoms with Gasteiger partial charge >= 0.3 is 0 Å². The van der Waals surface area contributed by atoms with Gasteiger partial charge in [-0.05, 0) is 35.4 Å². The van der Waals surface area contributed by atoms with Crippen LogP contribution in [0.2, 0.25) is 5.02 Å². The molecule has 0 aliphatic rings. The average molecular weight is 377 g/mol. The predicted molar refractivity (Wildman–Crippen MR) is 107 cm³/mol. The summed E-state index contributed by atoms with van der Waals surface area (Å²) in [5, 5.41) is 25.7. The first-order valence-electron chi connectivity index (χ1n) is 8.51. The van der Waals surface area contributed by atoms with Crippen LogP contribution in [0.4, 0.5) is 0 Å². The first-order chi connectivity index (χ1) is 13.1. The van der Waals surface area contributed by atoms with Gasteiger partial charge in [-0.2, -0.15) is 5.10 Å². The zero-order chi connectivity index (χ0) is 18.8. The zero-order valence-corrected chi connectivity index (χ0v) is 15.1. The fourth-order valence-corrected chi connectivity index (χ4v) is 3.32. The van der Waals surface area contributed by atoms with Crippen LogP contribution in [0.1, 0.15) is 11.1 Å². The smallest absolute Gasteiger partial charge is 0.128 e. The number of hydrogen-bond donors (Lipinski definition) is 2. The van der Waals surface area contributed by atoms with Crippen molar-refractivity contribution in [1.29, 1.82) is 0 Å². The van der Waals surface area contributed by atoms with Crippen LogP contribution in [0.25, 0.3) is 16.9 Å². The summed E-state index contributed by atoms with van der Waals surface area (Å²) in [5.41, 5.74) is 3.78. The molecule has 1 heterocycles. The normalized spacial score (nSPS) is 10.9. The van der Waals surface area contributed by atoms with Crippen molar-refractivity contribution >= 4 is 11.6 Å². The van der Waals surface area contributed by atoms with Gasteiger partial charge in [-0.25, -0.2) is 4.68 Å². The van der Waals surface area contributed by atoms with Crippen molar-refractivity contribution in [2.24, 2.45) is 0 Å². The lowest BCUT2D eigenvalue weighted by atomic mass is 9.99. The highest BCUT2D eigenvalue weighted by molar-refractivity contribution is 6.32. The summed E-state index contributed by atoms with van der Waals surface area (Å²) in [6, 6.07) is 22.2. The summed E-state index contributed by atoms with van der Waals surface area (Å²) in [7, 11) is 0. The number of nitrogens with zero attached hydrogens (tertiary/aromatic N) is 2. The molecule has 0 radical (unpaired) electrons. The van der Waals surface area contributed by atoms with Crippen molar-refractivity contribution in [3.63, 3.8) is 0 Å². The molecule has 0 atom stereocenters. The van der Waals surface area contributed by atoms with Gasteiger partial charge in [0.05, 0.1) is 22.6 Å². The number of phenolic OH excluding ortho intramolecular Hbond substituents is 2. The van der Waals surface area contributed by atoms with Crippen LogP contribution in [0.5, 0.6) is 11.5 Å². The van der Waals surface area contributed by atoms with Gasteiger partial charge in [0.25, 0.3) is 0 Å².